The van der Waals surface area contributed by atoms with Crippen molar-refractivity contribution in [2.75, 3.05) is 0 Å². The Hall–Kier alpha value is 1.40. The molecule has 0 aromatic carbocycles. The number of alkyl halides is 3. The minimum atomic E-state index is -0.188. The first-order valence-electron chi connectivity index (χ1n) is 3.75. The minimum Gasteiger partial charge on any atom is -0.392 e. The number of fused-ring (bicyclic) bond motifs is 1. The summed E-state index contributed by atoms with van der Waals surface area (Å²) in [6.07, 6.45) is 2.10. The third kappa shape index (κ3) is 1.25. The number of aliphatic hydroxyl groups is 1. The smallest absolute Gasteiger partial charge is 0.0894 e. The molecule has 0 aromatic heterocycles. The fraction of sp³-hybridized carbons (Fsp3) is 1.00. The molecule has 2 rings (SSSR count). The van der Waals surface area contributed by atoms with Crippen LogP contribution in [0.4, 0.5) is 0 Å². The van der Waals surface area contributed by atoms with E-state index in [1.54, 1.807) is 0 Å². The van der Waals surface area contributed by atoms with Crippen LogP contribution in [-0.2, 0) is 0 Å². The predicted molar refractivity (Wildman–Crippen MR) is 55.5 cm³/mol. The minimum absolute atomic E-state index is 0.0436. The van der Waals surface area contributed by atoms with E-state index >= 15 is 0 Å². The highest BCUT2D eigenvalue weighted by Crippen LogP contribution is 2.68. The summed E-state index contributed by atoms with van der Waals surface area (Å²) in [5, 5.41) is 9.72. The van der Waals surface area contributed by atoms with E-state index in [4.69, 9.17) is 0 Å². The van der Waals surface area contributed by atoms with Crippen LogP contribution in [0.1, 0.15) is 12.8 Å². The molecule has 1 N–H and O–H groups in total. The zero-order valence-corrected chi connectivity index (χ0v) is 10.6. The summed E-state index contributed by atoms with van der Waals surface area (Å²) in [5.41, 5.74) is 0. The van der Waals surface area contributed by atoms with E-state index in [0.29, 0.717) is 16.7 Å². The van der Waals surface area contributed by atoms with Crippen molar-refractivity contribution >= 4 is 47.8 Å². The van der Waals surface area contributed by atoms with E-state index < -0.39 is 0 Å². The second kappa shape index (κ2) is 2.69. The topological polar surface area (TPSA) is 20.2 Å². The maximum atomic E-state index is 9.72. The largest absolute Gasteiger partial charge is 0.392 e. The molecule has 0 aromatic rings. The molecule has 2 fully saturated rings. The van der Waals surface area contributed by atoms with Gasteiger partial charge in [0.2, 0.25) is 0 Å². The summed E-state index contributed by atoms with van der Waals surface area (Å²) in [4.78, 5) is 0.292. The van der Waals surface area contributed by atoms with Crippen LogP contribution in [0.5, 0.6) is 0 Å². The van der Waals surface area contributed by atoms with Crippen molar-refractivity contribution in [1.82, 2.24) is 0 Å². The third-order valence-corrected chi connectivity index (χ3v) is 5.99. The van der Waals surface area contributed by atoms with Gasteiger partial charge >= 0.3 is 0 Å². The molecule has 64 valence electrons. The lowest BCUT2D eigenvalue weighted by Crippen LogP contribution is -2.27. The predicted octanol–water partition coefficient (Wildman–Crippen LogP) is 2.64. The van der Waals surface area contributed by atoms with Gasteiger partial charge in [0.15, 0.2) is 0 Å². The molecule has 0 bridgehead atoms. The van der Waals surface area contributed by atoms with Crippen molar-refractivity contribution in [2.24, 2.45) is 11.8 Å². The first-order chi connectivity index (χ1) is 5.05. The van der Waals surface area contributed by atoms with Gasteiger partial charge in [-0.3, -0.25) is 0 Å². The summed E-state index contributed by atoms with van der Waals surface area (Å²) >= 11 is 10.6. The number of halogens is 3. The molecule has 2 aliphatic rings. The van der Waals surface area contributed by atoms with Crippen LogP contribution >= 0.6 is 47.8 Å². The molecule has 1 nitrogen and oxygen atoms in total. The zero-order chi connectivity index (χ0) is 8.22. The first kappa shape index (κ1) is 8.97. The van der Waals surface area contributed by atoms with Crippen molar-refractivity contribution in [3.05, 3.63) is 0 Å². The van der Waals surface area contributed by atoms with Gasteiger partial charge in [0, 0.05) is 10.7 Å². The van der Waals surface area contributed by atoms with Gasteiger partial charge < -0.3 is 5.11 Å². The Morgan fingerprint density at radius 1 is 1.27 bits per heavy atom. The zero-order valence-electron chi connectivity index (χ0n) is 5.80. The van der Waals surface area contributed by atoms with Crippen molar-refractivity contribution in [3.63, 3.8) is 0 Å². The standard InChI is InChI=1S/C7H9Br3O/c8-4-2-1-3-5(6(4)11)7(3,9)10/h3-6,11H,1-2H2/t3-,4-,5-,6+/m1/s1. The van der Waals surface area contributed by atoms with Gasteiger partial charge in [0.25, 0.3) is 0 Å². The molecule has 0 radical (unpaired) electrons. The molecule has 4 heteroatoms. The van der Waals surface area contributed by atoms with Crippen molar-refractivity contribution in [2.45, 2.75) is 27.0 Å². The SMILES string of the molecule is O[C@@H]1[C@H]2[C@@H](CC[C@H]1Br)C2(Br)Br. The van der Waals surface area contributed by atoms with Crippen molar-refractivity contribution in [3.8, 4) is 0 Å². The van der Waals surface area contributed by atoms with Gasteiger partial charge in [-0.25, -0.2) is 0 Å². The second-order valence-electron chi connectivity index (χ2n) is 3.39. The summed E-state index contributed by atoms with van der Waals surface area (Å²) in [6.45, 7) is 0. The molecule has 0 amide bonds. The first-order valence-corrected chi connectivity index (χ1v) is 6.25. The summed E-state index contributed by atoms with van der Waals surface area (Å²) in [7, 11) is 0. The van der Waals surface area contributed by atoms with Gasteiger partial charge in [0.05, 0.1) is 9.34 Å². The Bertz CT molecular complexity index is 183. The molecule has 0 unspecified atom stereocenters. The second-order valence-corrected chi connectivity index (χ2v) is 8.26. The molecule has 0 heterocycles. The van der Waals surface area contributed by atoms with E-state index in [1.807, 2.05) is 0 Å². The van der Waals surface area contributed by atoms with Gasteiger partial charge in [-0.15, -0.1) is 0 Å². The van der Waals surface area contributed by atoms with E-state index in [0.717, 1.165) is 6.42 Å². The van der Waals surface area contributed by atoms with Crippen LogP contribution in [0.25, 0.3) is 0 Å². The van der Waals surface area contributed by atoms with Crippen LogP contribution in [0, 0.1) is 11.8 Å². The van der Waals surface area contributed by atoms with Gasteiger partial charge in [-0.2, -0.15) is 0 Å². The number of hydrogen-bond donors (Lipinski definition) is 1. The number of rotatable bonds is 0. The summed E-state index contributed by atoms with van der Waals surface area (Å²) in [6, 6.07) is 0. The van der Waals surface area contributed by atoms with E-state index in [1.165, 1.54) is 6.42 Å². The lowest BCUT2D eigenvalue weighted by molar-refractivity contribution is 0.124. The molecule has 4 atom stereocenters. The van der Waals surface area contributed by atoms with E-state index in [-0.39, 0.29) is 9.34 Å². The van der Waals surface area contributed by atoms with Crippen LogP contribution in [-0.4, -0.2) is 19.3 Å². The quantitative estimate of drug-likeness (QED) is 0.667. The Morgan fingerprint density at radius 3 is 2.45 bits per heavy atom. The fourth-order valence-corrected chi connectivity index (χ4v) is 4.52. The highest BCUT2D eigenvalue weighted by Gasteiger charge is 2.66. The van der Waals surface area contributed by atoms with Gasteiger partial charge in [-0.1, -0.05) is 47.8 Å². The van der Waals surface area contributed by atoms with Crippen molar-refractivity contribution in [1.29, 1.82) is 0 Å². The monoisotopic (exact) mass is 346 g/mol. The normalized spacial score (nSPS) is 53.5. The Balaban J connectivity index is 2.12. The summed E-state index contributed by atoms with van der Waals surface area (Å²) < 4.78 is 0.0436. The average molecular weight is 349 g/mol. The Morgan fingerprint density at radius 2 is 1.91 bits per heavy atom. The molecule has 11 heavy (non-hydrogen) atoms. The maximum Gasteiger partial charge on any atom is 0.0894 e. The average Bonchev–Trinajstić information content (AvgIpc) is 2.46. The van der Waals surface area contributed by atoms with Crippen LogP contribution in [0.3, 0.4) is 0 Å². The maximum absolute atomic E-state index is 9.72. The van der Waals surface area contributed by atoms with Crippen LogP contribution in [0.15, 0.2) is 0 Å². The number of hydrogen-bond acceptors (Lipinski definition) is 1. The Labute approximate surface area is 91.3 Å². The Kier molecular flexibility index (Phi) is 2.20. The van der Waals surface area contributed by atoms with Gasteiger partial charge in [-0.05, 0) is 18.8 Å². The molecular formula is C7H9Br3O. The van der Waals surface area contributed by atoms with Crippen LogP contribution < -0.4 is 0 Å². The lowest BCUT2D eigenvalue weighted by atomic mass is 9.98. The van der Waals surface area contributed by atoms with E-state index in [9.17, 15) is 5.11 Å². The molecule has 2 saturated carbocycles. The summed E-state index contributed by atoms with van der Waals surface area (Å²) in [5.74, 6) is 1.03. The highest BCUT2D eigenvalue weighted by atomic mass is 79.9. The van der Waals surface area contributed by atoms with Crippen LogP contribution in [0.2, 0.25) is 0 Å². The van der Waals surface area contributed by atoms with Gasteiger partial charge in [0.1, 0.15) is 0 Å². The molecule has 0 aliphatic heterocycles. The molecular weight excluding hydrogens is 340 g/mol. The third-order valence-electron chi connectivity index (χ3n) is 2.76. The van der Waals surface area contributed by atoms with E-state index in [2.05, 4.69) is 47.8 Å². The molecule has 0 saturated heterocycles. The lowest BCUT2D eigenvalue weighted by Gasteiger charge is -2.21. The molecule has 0 spiro atoms. The fourth-order valence-electron chi connectivity index (χ4n) is 1.99. The molecule has 2 aliphatic carbocycles. The number of aliphatic hydroxyl groups excluding tert-OH is 1. The highest BCUT2D eigenvalue weighted by molar-refractivity contribution is 9.25. The van der Waals surface area contributed by atoms with Crippen molar-refractivity contribution < 1.29 is 5.11 Å².